The highest BCUT2D eigenvalue weighted by Gasteiger charge is 2.17. The summed E-state index contributed by atoms with van der Waals surface area (Å²) in [6.07, 6.45) is 3.45. The van der Waals surface area contributed by atoms with E-state index in [2.05, 4.69) is 29.7 Å². The first-order valence-electron chi connectivity index (χ1n) is 10.8. The number of aryl methyl sites for hydroxylation is 4. The Labute approximate surface area is 184 Å². The Morgan fingerprint density at radius 1 is 1.09 bits per heavy atom. The molecule has 5 rings (SSSR count). The highest BCUT2D eigenvalue weighted by atomic mass is 16.5. The lowest BCUT2D eigenvalue weighted by atomic mass is 10.1. The Hall–Kier alpha value is -3.53. The van der Waals surface area contributed by atoms with Gasteiger partial charge in [0.1, 0.15) is 0 Å². The summed E-state index contributed by atoms with van der Waals surface area (Å²) in [6.45, 7) is 5.30. The first-order chi connectivity index (χ1) is 15.7. The standard InChI is InChI=1S/C22H25N7O3/c1-15-16(21(30)26-22(24-15)28-10-12-31-13-11-28)6-7-20-25-19(27-32-20)8-9-29-14-23-17-4-2-3-5-18(17)29/h2-5,14H,6-13H2,1H3,(H,24,26,30). The van der Waals surface area contributed by atoms with Crippen LogP contribution in [0.5, 0.6) is 0 Å². The predicted octanol–water partition coefficient (Wildman–Crippen LogP) is 1.68. The van der Waals surface area contributed by atoms with Gasteiger partial charge in [0, 0.05) is 43.7 Å². The van der Waals surface area contributed by atoms with Gasteiger partial charge in [-0.3, -0.25) is 9.78 Å². The maximum absolute atomic E-state index is 12.6. The van der Waals surface area contributed by atoms with E-state index in [1.165, 1.54) is 0 Å². The van der Waals surface area contributed by atoms with Crippen molar-refractivity contribution in [2.75, 3.05) is 31.2 Å². The van der Waals surface area contributed by atoms with Crippen LogP contribution in [0.2, 0.25) is 0 Å². The van der Waals surface area contributed by atoms with Crippen molar-refractivity contribution in [3.63, 3.8) is 0 Å². The Kier molecular flexibility index (Phi) is 5.68. The van der Waals surface area contributed by atoms with E-state index in [0.29, 0.717) is 62.2 Å². The summed E-state index contributed by atoms with van der Waals surface area (Å²) in [5, 5.41) is 4.09. The number of H-pyrrole nitrogens is 1. The van der Waals surface area contributed by atoms with Crippen LogP contribution in [0.4, 0.5) is 5.95 Å². The SMILES string of the molecule is Cc1nc(N2CCOCC2)[nH]c(=O)c1CCc1nc(CCn2cnc3ccccc32)no1. The first kappa shape index (κ1) is 20.4. The lowest BCUT2D eigenvalue weighted by molar-refractivity contribution is 0.122. The van der Waals surface area contributed by atoms with Crippen LogP contribution in [-0.4, -0.2) is 56.0 Å². The van der Waals surface area contributed by atoms with Crippen LogP contribution in [-0.2, 0) is 30.5 Å². The molecule has 0 amide bonds. The molecule has 0 atom stereocenters. The molecule has 4 aromatic rings. The zero-order valence-electron chi connectivity index (χ0n) is 18.0. The normalized spacial score (nSPS) is 14.3. The van der Waals surface area contributed by atoms with E-state index in [-0.39, 0.29) is 5.56 Å². The van der Waals surface area contributed by atoms with E-state index in [0.717, 1.165) is 29.8 Å². The monoisotopic (exact) mass is 435 g/mol. The molecule has 3 aromatic heterocycles. The van der Waals surface area contributed by atoms with Gasteiger partial charge in [-0.15, -0.1) is 0 Å². The fourth-order valence-electron chi connectivity index (χ4n) is 3.95. The van der Waals surface area contributed by atoms with Gasteiger partial charge in [0.05, 0.1) is 30.6 Å². The van der Waals surface area contributed by atoms with Gasteiger partial charge in [-0.05, 0) is 25.5 Å². The second-order valence-electron chi connectivity index (χ2n) is 7.83. The number of aromatic nitrogens is 6. The second-order valence-corrected chi connectivity index (χ2v) is 7.83. The highest BCUT2D eigenvalue weighted by molar-refractivity contribution is 5.74. The number of aromatic amines is 1. The van der Waals surface area contributed by atoms with Crippen LogP contribution in [0.3, 0.4) is 0 Å². The van der Waals surface area contributed by atoms with Crippen molar-refractivity contribution in [1.82, 2.24) is 29.7 Å². The number of anilines is 1. The summed E-state index contributed by atoms with van der Waals surface area (Å²) < 4.78 is 12.8. The van der Waals surface area contributed by atoms with Crippen LogP contribution in [0.1, 0.15) is 23.0 Å². The van der Waals surface area contributed by atoms with Crippen molar-refractivity contribution in [2.24, 2.45) is 0 Å². The maximum Gasteiger partial charge on any atom is 0.255 e. The molecular formula is C22H25N7O3. The number of hydrogen-bond acceptors (Lipinski definition) is 8. The summed E-state index contributed by atoms with van der Waals surface area (Å²) in [4.78, 5) is 31.1. The van der Waals surface area contributed by atoms with Gasteiger partial charge in [0.25, 0.3) is 5.56 Å². The number of imidazole rings is 1. The van der Waals surface area contributed by atoms with Gasteiger partial charge in [0.2, 0.25) is 11.8 Å². The average Bonchev–Trinajstić information content (AvgIpc) is 3.44. The molecular weight excluding hydrogens is 410 g/mol. The van der Waals surface area contributed by atoms with Crippen molar-refractivity contribution in [1.29, 1.82) is 0 Å². The molecule has 1 fully saturated rings. The van der Waals surface area contributed by atoms with Gasteiger partial charge in [0.15, 0.2) is 5.82 Å². The minimum Gasteiger partial charge on any atom is -0.378 e. The minimum absolute atomic E-state index is 0.120. The quantitative estimate of drug-likeness (QED) is 0.466. The lowest BCUT2D eigenvalue weighted by Crippen LogP contribution is -2.38. The first-order valence-corrected chi connectivity index (χ1v) is 10.8. The molecule has 0 radical (unpaired) electrons. The second kappa shape index (κ2) is 8.91. The zero-order valence-corrected chi connectivity index (χ0v) is 18.0. The van der Waals surface area contributed by atoms with Crippen molar-refractivity contribution in [3.8, 4) is 0 Å². The topological polar surface area (TPSA) is 115 Å². The van der Waals surface area contributed by atoms with Crippen LogP contribution < -0.4 is 10.5 Å². The summed E-state index contributed by atoms with van der Waals surface area (Å²) in [5.74, 6) is 1.77. The van der Waals surface area contributed by atoms with Gasteiger partial charge < -0.3 is 18.7 Å². The van der Waals surface area contributed by atoms with E-state index in [1.807, 2.05) is 42.4 Å². The average molecular weight is 435 g/mol. The predicted molar refractivity (Wildman–Crippen MR) is 118 cm³/mol. The summed E-state index contributed by atoms with van der Waals surface area (Å²) in [7, 11) is 0. The molecule has 1 aliphatic rings. The molecule has 4 heterocycles. The third-order valence-corrected chi connectivity index (χ3v) is 5.72. The van der Waals surface area contributed by atoms with Crippen molar-refractivity contribution in [2.45, 2.75) is 32.7 Å². The fourth-order valence-corrected chi connectivity index (χ4v) is 3.95. The van der Waals surface area contributed by atoms with E-state index in [4.69, 9.17) is 9.26 Å². The largest absolute Gasteiger partial charge is 0.378 e. The molecule has 1 aliphatic heterocycles. The Balaban J connectivity index is 1.21. The van der Waals surface area contributed by atoms with Gasteiger partial charge in [-0.1, -0.05) is 17.3 Å². The molecule has 166 valence electrons. The Morgan fingerprint density at radius 3 is 2.78 bits per heavy atom. The molecule has 32 heavy (non-hydrogen) atoms. The van der Waals surface area contributed by atoms with E-state index in [1.54, 1.807) is 0 Å². The molecule has 0 spiro atoms. The summed E-state index contributed by atoms with van der Waals surface area (Å²) in [6, 6.07) is 8.01. The van der Waals surface area contributed by atoms with Gasteiger partial charge >= 0.3 is 0 Å². The van der Waals surface area contributed by atoms with Crippen molar-refractivity contribution in [3.05, 3.63) is 63.9 Å². The number of morpholine rings is 1. The van der Waals surface area contributed by atoms with Crippen molar-refractivity contribution >= 4 is 17.0 Å². The molecule has 0 bridgehead atoms. The molecule has 1 N–H and O–H groups in total. The summed E-state index contributed by atoms with van der Waals surface area (Å²) in [5.41, 5.74) is 3.30. The number of hydrogen-bond donors (Lipinski definition) is 1. The molecule has 0 unspecified atom stereocenters. The number of rotatable bonds is 7. The summed E-state index contributed by atoms with van der Waals surface area (Å²) >= 11 is 0. The molecule has 10 heteroatoms. The Morgan fingerprint density at radius 2 is 1.94 bits per heavy atom. The molecule has 0 aliphatic carbocycles. The van der Waals surface area contributed by atoms with E-state index < -0.39 is 0 Å². The molecule has 1 aromatic carbocycles. The van der Waals surface area contributed by atoms with Crippen LogP contribution >= 0.6 is 0 Å². The smallest absolute Gasteiger partial charge is 0.255 e. The highest BCUT2D eigenvalue weighted by Crippen LogP contribution is 2.14. The van der Waals surface area contributed by atoms with Crippen LogP contribution in [0, 0.1) is 6.92 Å². The zero-order chi connectivity index (χ0) is 21.9. The third kappa shape index (κ3) is 4.26. The lowest BCUT2D eigenvalue weighted by Gasteiger charge is -2.27. The minimum atomic E-state index is -0.120. The number of benzene rings is 1. The third-order valence-electron chi connectivity index (χ3n) is 5.72. The Bertz CT molecular complexity index is 1270. The molecule has 10 nitrogen and oxygen atoms in total. The van der Waals surface area contributed by atoms with Crippen LogP contribution in [0.25, 0.3) is 11.0 Å². The number of nitrogens with zero attached hydrogens (tertiary/aromatic N) is 6. The number of nitrogens with one attached hydrogen (secondary N) is 1. The number of fused-ring (bicyclic) bond motifs is 1. The number of ether oxygens (including phenoxy) is 1. The number of para-hydroxylation sites is 2. The molecule has 0 saturated carbocycles. The van der Waals surface area contributed by atoms with Gasteiger partial charge in [-0.25, -0.2) is 9.97 Å². The van der Waals surface area contributed by atoms with Gasteiger partial charge in [-0.2, -0.15) is 4.98 Å². The molecule has 1 saturated heterocycles. The van der Waals surface area contributed by atoms with Crippen LogP contribution in [0.15, 0.2) is 39.9 Å². The van der Waals surface area contributed by atoms with E-state index in [9.17, 15) is 4.79 Å². The van der Waals surface area contributed by atoms with Crippen molar-refractivity contribution < 1.29 is 9.26 Å². The fraction of sp³-hybridized carbons (Fsp3) is 0.409. The maximum atomic E-state index is 12.6. The van der Waals surface area contributed by atoms with E-state index >= 15 is 0 Å².